The molecule has 0 amide bonds. The predicted molar refractivity (Wildman–Crippen MR) is 224 cm³/mol. The summed E-state index contributed by atoms with van der Waals surface area (Å²) in [5.74, 6) is -0.238. The fourth-order valence-corrected chi connectivity index (χ4v) is 12.8. The molecule has 52 heavy (non-hydrogen) atoms. The molecule has 2 aromatic heterocycles. The number of fused-ring (bicyclic) bond motifs is 8. The summed E-state index contributed by atoms with van der Waals surface area (Å²) >= 11 is 3.56. The minimum atomic E-state index is -4.86. The third-order valence-corrected chi connectivity index (χ3v) is 16.8. The van der Waals surface area contributed by atoms with Gasteiger partial charge >= 0.3 is 6.36 Å². The molecule has 0 bridgehead atoms. The molecule has 0 saturated heterocycles. The second-order valence-corrected chi connectivity index (χ2v) is 28.1. The van der Waals surface area contributed by atoms with Crippen molar-refractivity contribution in [1.82, 2.24) is 0 Å². The van der Waals surface area contributed by atoms with E-state index >= 15 is 0 Å². The van der Waals surface area contributed by atoms with Gasteiger partial charge in [-0.1, -0.05) is 110 Å². The van der Waals surface area contributed by atoms with Gasteiger partial charge < -0.3 is 14.5 Å². The van der Waals surface area contributed by atoms with Crippen LogP contribution in [0.15, 0.2) is 109 Å². The van der Waals surface area contributed by atoms with Crippen LogP contribution in [0, 0.1) is 0 Å². The van der Waals surface area contributed by atoms with Crippen LogP contribution in [0.2, 0.25) is 39.3 Å². The Kier molecular flexibility index (Phi) is 7.48. The summed E-state index contributed by atoms with van der Waals surface area (Å²) in [6.07, 6.45) is -4.86. The molecule has 2 aliphatic heterocycles. The van der Waals surface area contributed by atoms with E-state index in [1.54, 1.807) is 34.8 Å². The Balaban J connectivity index is 1.40. The SMILES string of the molecule is C[Si](C)(C)c1ccc(N2c3cc(OC(F)(F)F)cc4c3B(c3sc5ccccc5c32)c2sc3ccccc3c2N4c2ccc([Si](C)(C)C)cc2)cc1. The maximum atomic E-state index is 14.2. The fraction of sp³-hybridized carbons (Fsp3) is 0.171. The third kappa shape index (κ3) is 5.35. The highest BCUT2D eigenvalue weighted by Crippen LogP contribution is 2.51. The molecule has 0 aliphatic carbocycles. The van der Waals surface area contributed by atoms with Gasteiger partial charge in [0.2, 0.25) is 0 Å². The van der Waals surface area contributed by atoms with E-state index in [0.717, 1.165) is 48.4 Å². The number of benzene rings is 5. The van der Waals surface area contributed by atoms with E-state index in [9.17, 15) is 13.2 Å². The highest BCUT2D eigenvalue weighted by molar-refractivity contribution is 7.40. The lowest BCUT2D eigenvalue weighted by atomic mass is 9.39. The zero-order valence-electron chi connectivity index (χ0n) is 29.7. The number of ether oxygens (including phenoxy) is 1. The van der Waals surface area contributed by atoms with Crippen molar-refractivity contribution in [2.75, 3.05) is 9.80 Å². The van der Waals surface area contributed by atoms with E-state index in [1.165, 1.54) is 19.9 Å². The van der Waals surface area contributed by atoms with Gasteiger partial charge in [-0.2, -0.15) is 0 Å². The van der Waals surface area contributed by atoms with Crippen LogP contribution < -0.4 is 39.9 Å². The van der Waals surface area contributed by atoms with Crippen molar-refractivity contribution in [2.24, 2.45) is 0 Å². The van der Waals surface area contributed by atoms with Gasteiger partial charge in [-0.3, -0.25) is 0 Å². The second-order valence-electron chi connectivity index (χ2n) is 15.7. The molecule has 0 atom stereocenters. The Morgan fingerprint density at radius 1 is 0.577 bits per heavy atom. The first kappa shape index (κ1) is 33.5. The predicted octanol–water partition coefficient (Wildman–Crippen LogP) is 10.2. The van der Waals surface area contributed by atoms with E-state index in [0.29, 0.717) is 11.4 Å². The van der Waals surface area contributed by atoms with Crippen molar-refractivity contribution >= 4 is 125 Å². The molecule has 5 aromatic carbocycles. The van der Waals surface area contributed by atoms with E-state index in [1.807, 2.05) is 12.1 Å². The zero-order chi connectivity index (χ0) is 36.3. The van der Waals surface area contributed by atoms with Crippen LogP contribution in [-0.4, -0.2) is 29.2 Å². The smallest absolute Gasteiger partial charge is 0.406 e. The second kappa shape index (κ2) is 11.6. The summed E-state index contributed by atoms with van der Waals surface area (Å²) in [6.45, 7) is 13.7. The molecule has 2 aliphatic rings. The molecule has 9 rings (SSSR count). The monoisotopic (exact) mass is 760 g/mol. The van der Waals surface area contributed by atoms with Crippen LogP contribution in [0.3, 0.4) is 0 Å². The van der Waals surface area contributed by atoms with Crippen LogP contribution in [0.1, 0.15) is 0 Å². The summed E-state index contributed by atoms with van der Waals surface area (Å²) in [5, 5.41) is 4.80. The Hall–Kier alpha value is -4.29. The molecule has 0 saturated carbocycles. The molecule has 11 heteroatoms. The number of nitrogens with zero attached hydrogens (tertiary/aromatic N) is 2. The van der Waals surface area contributed by atoms with Gasteiger partial charge in [0.15, 0.2) is 0 Å². The summed E-state index contributed by atoms with van der Waals surface area (Å²) in [7, 11) is -3.23. The first-order valence-electron chi connectivity index (χ1n) is 17.5. The quantitative estimate of drug-likeness (QED) is 0.163. The van der Waals surface area contributed by atoms with Crippen molar-refractivity contribution < 1.29 is 17.9 Å². The maximum absolute atomic E-state index is 14.2. The van der Waals surface area contributed by atoms with Crippen LogP contribution >= 0.6 is 22.7 Å². The lowest BCUT2D eigenvalue weighted by Gasteiger charge is -2.42. The fourth-order valence-electron chi connectivity index (χ4n) is 7.79. The molecule has 4 heterocycles. The third-order valence-electron chi connectivity index (χ3n) is 10.3. The van der Waals surface area contributed by atoms with Crippen LogP contribution in [-0.2, 0) is 0 Å². The minimum absolute atomic E-state index is 0.181. The van der Waals surface area contributed by atoms with Crippen molar-refractivity contribution in [3.8, 4) is 5.75 Å². The van der Waals surface area contributed by atoms with Gasteiger partial charge in [-0.15, -0.1) is 35.8 Å². The van der Waals surface area contributed by atoms with Crippen molar-refractivity contribution in [3.63, 3.8) is 0 Å². The number of thiophene rings is 2. The van der Waals surface area contributed by atoms with Gasteiger partial charge in [0.05, 0.1) is 27.5 Å². The lowest BCUT2D eigenvalue weighted by Crippen LogP contribution is -2.59. The molecular weight excluding hydrogens is 725 g/mol. The Bertz CT molecular complexity index is 2370. The van der Waals surface area contributed by atoms with Crippen LogP contribution in [0.5, 0.6) is 5.75 Å². The molecule has 0 spiro atoms. The summed E-state index contributed by atoms with van der Waals surface area (Å²) in [5.41, 5.74) is 6.23. The number of halogens is 3. The van der Waals surface area contributed by atoms with E-state index in [4.69, 9.17) is 4.74 Å². The number of alkyl halides is 3. The van der Waals surface area contributed by atoms with Gasteiger partial charge in [-0.05, 0) is 41.9 Å². The van der Waals surface area contributed by atoms with Gasteiger partial charge in [0.25, 0.3) is 6.71 Å². The average molecular weight is 761 g/mol. The first-order valence-corrected chi connectivity index (χ1v) is 26.1. The van der Waals surface area contributed by atoms with Crippen molar-refractivity contribution in [2.45, 2.75) is 45.6 Å². The van der Waals surface area contributed by atoms with Crippen molar-refractivity contribution in [1.29, 1.82) is 0 Å². The lowest BCUT2D eigenvalue weighted by molar-refractivity contribution is -0.274. The van der Waals surface area contributed by atoms with Crippen LogP contribution in [0.25, 0.3) is 20.2 Å². The number of hydrogen-bond acceptors (Lipinski definition) is 5. The zero-order valence-corrected chi connectivity index (χ0v) is 33.4. The first-order chi connectivity index (χ1) is 24.7. The number of rotatable bonds is 5. The summed E-state index contributed by atoms with van der Waals surface area (Å²) in [6, 6.07) is 37.3. The van der Waals surface area contributed by atoms with Gasteiger partial charge in [0, 0.05) is 64.6 Å². The molecule has 0 N–H and O–H groups in total. The summed E-state index contributed by atoms with van der Waals surface area (Å²) < 4.78 is 52.1. The molecule has 0 unspecified atom stereocenters. The van der Waals surface area contributed by atoms with Crippen molar-refractivity contribution in [3.05, 3.63) is 109 Å². The van der Waals surface area contributed by atoms with Gasteiger partial charge in [0.1, 0.15) is 5.75 Å². The Morgan fingerprint density at radius 3 is 1.37 bits per heavy atom. The average Bonchev–Trinajstić information content (AvgIpc) is 3.66. The summed E-state index contributed by atoms with van der Waals surface area (Å²) in [4.78, 5) is 4.37. The number of anilines is 6. The normalized spacial score (nSPS) is 14.1. The topological polar surface area (TPSA) is 15.7 Å². The minimum Gasteiger partial charge on any atom is -0.406 e. The van der Waals surface area contributed by atoms with E-state index < -0.39 is 22.5 Å². The number of hydrogen-bond donors (Lipinski definition) is 0. The van der Waals surface area contributed by atoms with Crippen LogP contribution in [0.4, 0.5) is 47.3 Å². The molecule has 260 valence electrons. The maximum Gasteiger partial charge on any atom is 0.573 e. The van der Waals surface area contributed by atoms with E-state index in [2.05, 4.69) is 134 Å². The van der Waals surface area contributed by atoms with E-state index in [-0.39, 0.29) is 12.5 Å². The van der Waals surface area contributed by atoms with Gasteiger partial charge in [-0.25, -0.2) is 0 Å². The molecule has 0 radical (unpaired) electrons. The molecule has 0 fully saturated rings. The largest absolute Gasteiger partial charge is 0.573 e. The molecular formula is C41H36BF3N2OS2Si2. The standard InChI is InChI=1S/C41H36BF3N2OS2Si2/c1-51(2,3)28-19-15-25(16-20-28)46-32-23-27(48-41(43,44)45)24-33-36(32)42(39-37(46)30-11-7-9-13-34(30)49-39)40-38(31-12-8-10-14-35(31)50-40)47(33)26-17-21-29(22-18-26)52(4,5)6/h7-24H,1-6H3. The Labute approximate surface area is 312 Å². The Morgan fingerprint density at radius 2 is 0.981 bits per heavy atom. The highest BCUT2D eigenvalue weighted by atomic mass is 32.1. The molecule has 7 aromatic rings. The molecule has 3 nitrogen and oxygen atoms in total. The highest BCUT2D eigenvalue weighted by Gasteiger charge is 2.48.